The highest BCUT2D eigenvalue weighted by Crippen LogP contribution is 2.35. The van der Waals surface area contributed by atoms with E-state index in [4.69, 9.17) is 15.2 Å². The van der Waals surface area contributed by atoms with Crippen molar-refractivity contribution >= 4 is 33.0 Å². The number of nitrogens with one attached hydrogen (secondary N) is 1. The van der Waals surface area contributed by atoms with Crippen LogP contribution in [0, 0.1) is 0 Å². The largest absolute Gasteiger partial charge is 0.492 e. The highest BCUT2D eigenvalue weighted by atomic mass is 32.2. The van der Waals surface area contributed by atoms with E-state index in [1.54, 1.807) is 0 Å². The lowest BCUT2D eigenvalue weighted by Crippen LogP contribution is -2.53. The van der Waals surface area contributed by atoms with Crippen LogP contribution in [-0.2, 0) is 30.6 Å². The van der Waals surface area contributed by atoms with Gasteiger partial charge in [0.1, 0.15) is 12.4 Å². The Morgan fingerprint density at radius 2 is 1.87 bits per heavy atom. The number of amides is 2. The van der Waals surface area contributed by atoms with E-state index in [1.807, 2.05) is 17.5 Å². The van der Waals surface area contributed by atoms with Gasteiger partial charge in [-0.3, -0.25) is 9.59 Å². The van der Waals surface area contributed by atoms with Crippen molar-refractivity contribution in [2.45, 2.75) is 28.9 Å². The average Bonchev–Trinajstić information content (AvgIpc) is 3.25. The molecule has 30 heavy (non-hydrogen) atoms. The first-order chi connectivity index (χ1) is 14.3. The molecule has 0 atom stereocenters. The molecule has 1 aliphatic heterocycles. The second kappa shape index (κ2) is 9.59. The van der Waals surface area contributed by atoms with E-state index < -0.39 is 20.5 Å². The standard InChI is InChI=1S/C20H24N2O6S2/c21-19(24)20(7-10-27-11-8-20)30(25,26)17-5-3-15(4-6-17)28-12-9-22-18(23)14-16-2-1-13-29-16/h1-6,13H,7-12,14H2,(H2,21,24)(H,22,23). The Morgan fingerprint density at radius 1 is 1.17 bits per heavy atom. The molecule has 0 spiro atoms. The summed E-state index contributed by atoms with van der Waals surface area (Å²) in [6.45, 7) is 0.906. The van der Waals surface area contributed by atoms with Crippen molar-refractivity contribution in [1.82, 2.24) is 5.32 Å². The van der Waals surface area contributed by atoms with Gasteiger partial charge >= 0.3 is 0 Å². The van der Waals surface area contributed by atoms with Crippen LogP contribution in [0.4, 0.5) is 0 Å². The van der Waals surface area contributed by atoms with Gasteiger partial charge in [-0.15, -0.1) is 11.3 Å². The molecule has 2 heterocycles. The van der Waals surface area contributed by atoms with Gasteiger partial charge in [0.05, 0.1) is 17.9 Å². The van der Waals surface area contributed by atoms with Gasteiger partial charge in [-0.25, -0.2) is 8.42 Å². The molecule has 10 heteroatoms. The van der Waals surface area contributed by atoms with E-state index in [9.17, 15) is 18.0 Å². The van der Waals surface area contributed by atoms with E-state index in [0.717, 1.165) is 4.88 Å². The van der Waals surface area contributed by atoms with Crippen LogP contribution in [0.2, 0.25) is 0 Å². The number of ether oxygens (including phenoxy) is 2. The quantitative estimate of drug-likeness (QED) is 0.553. The third kappa shape index (κ3) is 4.82. The summed E-state index contributed by atoms with van der Waals surface area (Å²) in [5.41, 5.74) is 5.47. The molecule has 2 aromatic rings. The minimum atomic E-state index is -3.97. The van der Waals surface area contributed by atoms with Crippen molar-refractivity contribution in [2.75, 3.05) is 26.4 Å². The van der Waals surface area contributed by atoms with E-state index in [2.05, 4.69) is 5.32 Å². The summed E-state index contributed by atoms with van der Waals surface area (Å²) in [4.78, 5) is 24.9. The summed E-state index contributed by atoms with van der Waals surface area (Å²) < 4.78 is 35.3. The zero-order valence-electron chi connectivity index (χ0n) is 16.3. The average molecular weight is 453 g/mol. The summed E-state index contributed by atoms with van der Waals surface area (Å²) in [6, 6.07) is 9.65. The molecule has 1 aromatic carbocycles. The van der Waals surface area contributed by atoms with E-state index in [-0.39, 0.29) is 43.5 Å². The molecule has 0 aliphatic carbocycles. The third-order valence-electron chi connectivity index (χ3n) is 5.01. The maximum atomic E-state index is 13.1. The molecule has 1 saturated heterocycles. The van der Waals surface area contributed by atoms with Crippen molar-refractivity contribution in [3.63, 3.8) is 0 Å². The van der Waals surface area contributed by atoms with Gasteiger partial charge in [-0.1, -0.05) is 6.07 Å². The van der Waals surface area contributed by atoms with Crippen LogP contribution in [0.15, 0.2) is 46.7 Å². The maximum Gasteiger partial charge on any atom is 0.239 e. The van der Waals surface area contributed by atoms with Crippen molar-refractivity contribution in [1.29, 1.82) is 0 Å². The molecule has 0 radical (unpaired) electrons. The van der Waals surface area contributed by atoms with Crippen LogP contribution in [0.25, 0.3) is 0 Å². The summed E-state index contributed by atoms with van der Waals surface area (Å²) in [6.07, 6.45) is 0.402. The second-order valence-corrected chi connectivity index (χ2v) is 10.2. The minimum Gasteiger partial charge on any atom is -0.492 e. The lowest BCUT2D eigenvalue weighted by Gasteiger charge is -2.33. The van der Waals surface area contributed by atoms with Gasteiger partial charge in [0.15, 0.2) is 14.6 Å². The number of thiophene rings is 1. The normalized spacial score (nSPS) is 16.0. The summed E-state index contributed by atoms with van der Waals surface area (Å²) >= 11 is 1.53. The van der Waals surface area contributed by atoms with E-state index in [1.165, 1.54) is 35.6 Å². The SMILES string of the molecule is NC(=O)C1(S(=O)(=O)c2ccc(OCCNC(=O)Cc3cccs3)cc2)CCOCC1. The fourth-order valence-corrected chi connectivity index (χ4v) is 5.90. The molecule has 1 aliphatic rings. The van der Waals surface area contributed by atoms with Crippen molar-refractivity contribution in [2.24, 2.45) is 5.73 Å². The molecule has 0 bridgehead atoms. The van der Waals surface area contributed by atoms with Gasteiger partial charge < -0.3 is 20.5 Å². The smallest absolute Gasteiger partial charge is 0.239 e. The molecule has 0 saturated carbocycles. The molecule has 162 valence electrons. The Kier molecular flexibility index (Phi) is 7.11. The number of rotatable bonds is 9. The van der Waals surface area contributed by atoms with E-state index >= 15 is 0 Å². The minimum absolute atomic E-state index is 0.0137. The Labute approximate surface area is 179 Å². The van der Waals surface area contributed by atoms with Crippen LogP contribution in [-0.4, -0.2) is 51.3 Å². The Morgan fingerprint density at radius 3 is 2.47 bits per heavy atom. The predicted molar refractivity (Wildman–Crippen MR) is 112 cm³/mol. The number of carbonyl (C=O) groups excluding carboxylic acids is 2. The Hall–Kier alpha value is -2.43. The number of benzene rings is 1. The fourth-order valence-electron chi connectivity index (χ4n) is 3.28. The highest BCUT2D eigenvalue weighted by molar-refractivity contribution is 7.93. The van der Waals surface area contributed by atoms with E-state index in [0.29, 0.717) is 18.7 Å². The molecule has 3 rings (SSSR count). The van der Waals surface area contributed by atoms with Crippen molar-refractivity contribution < 1.29 is 27.5 Å². The van der Waals surface area contributed by atoms with Crippen LogP contribution < -0.4 is 15.8 Å². The molecule has 1 fully saturated rings. The van der Waals surface area contributed by atoms with Gasteiger partial charge in [-0.2, -0.15) is 0 Å². The second-order valence-electron chi connectivity index (χ2n) is 6.90. The number of hydrogen-bond acceptors (Lipinski definition) is 7. The number of nitrogens with two attached hydrogens (primary N) is 1. The summed E-state index contributed by atoms with van der Waals surface area (Å²) in [7, 11) is -3.97. The zero-order valence-corrected chi connectivity index (χ0v) is 18.0. The van der Waals surface area contributed by atoms with Gasteiger partial charge in [-0.05, 0) is 48.6 Å². The van der Waals surface area contributed by atoms with Crippen LogP contribution in [0.5, 0.6) is 5.75 Å². The third-order valence-corrected chi connectivity index (χ3v) is 8.41. The van der Waals surface area contributed by atoms with Gasteiger partial charge in [0, 0.05) is 18.1 Å². The molecular formula is C20H24N2O6S2. The monoisotopic (exact) mass is 452 g/mol. The first-order valence-electron chi connectivity index (χ1n) is 9.49. The first-order valence-corrected chi connectivity index (χ1v) is 11.9. The molecular weight excluding hydrogens is 428 g/mol. The zero-order chi connectivity index (χ0) is 21.6. The number of hydrogen-bond donors (Lipinski definition) is 2. The number of carbonyl (C=O) groups is 2. The fraction of sp³-hybridized carbons (Fsp3) is 0.400. The lowest BCUT2D eigenvalue weighted by atomic mass is 9.98. The number of primary amides is 1. The van der Waals surface area contributed by atoms with Crippen molar-refractivity contribution in [3.8, 4) is 5.75 Å². The molecule has 0 unspecified atom stereocenters. The predicted octanol–water partition coefficient (Wildman–Crippen LogP) is 1.29. The topological polar surface area (TPSA) is 125 Å². The Bertz CT molecular complexity index is 965. The molecule has 3 N–H and O–H groups in total. The molecule has 2 amide bonds. The summed E-state index contributed by atoms with van der Waals surface area (Å²) in [5, 5.41) is 4.69. The molecule has 8 nitrogen and oxygen atoms in total. The Balaban J connectivity index is 1.55. The van der Waals surface area contributed by atoms with Gasteiger partial charge in [0.25, 0.3) is 0 Å². The van der Waals surface area contributed by atoms with Crippen LogP contribution >= 0.6 is 11.3 Å². The maximum absolute atomic E-state index is 13.1. The number of sulfone groups is 1. The van der Waals surface area contributed by atoms with Gasteiger partial charge in [0.2, 0.25) is 11.8 Å². The van der Waals surface area contributed by atoms with Crippen molar-refractivity contribution in [3.05, 3.63) is 46.7 Å². The van der Waals surface area contributed by atoms with Crippen LogP contribution in [0.3, 0.4) is 0 Å². The highest BCUT2D eigenvalue weighted by Gasteiger charge is 2.51. The molecule has 1 aromatic heterocycles. The van der Waals surface area contributed by atoms with Crippen LogP contribution in [0.1, 0.15) is 17.7 Å². The summed E-state index contributed by atoms with van der Waals surface area (Å²) in [5.74, 6) is -0.485. The first kappa shape index (κ1) is 22.3. The lowest BCUT2D eigenvalue weighted by molar-refractivity contribution is -0.123.